The molecule has 0 saturated carbocycles. The molecule has 6 heteroatoms. The minimum Gasteiger partial charge on any atom is -0.497 e. The van der Waals surface area contributed by atoms with Crippen LogP contribution in [0.1, 0.15) is 24.5 Å². The second kappa shape index (κ2) is 6.55. The van der Waals surface area contributed by atoms with E-state index >= 15 is 0 Å². The first kappa shape index (κ1) is 16.2. The minimum atomic E-state index is -0.372. The van der Waals surface area contributed by atoms with Gasteiger partial charge in [0.1, 0.15) is 17.1 Å². The number of benzene rings is 2. The van der Waals surface area contributed by atoms with E-state index in [-0.39, 0.29) is 6.10 Å². The summed E-state index contributed by atoms with van der Waals surface area (Å²) in [6, 6.07) is 15.2. The lowest BCUT2D eigenvalue weighted by Crippen LogP contribution is -2.03. The van der Waals surface area contributed by atoms with Crippen molar-refractivity contribution in [2.45, 2.75) is 20.0 Å². The fraction of sp³-hybridized carbons (Fsp3) is 0.200. The maximum Gasteiger partial charge on any atom is 0.267 e. The van der Waals surface area contributed by atoms with Crippen LogP contribution in [-0.4, -0.2) is 17.3 Å². The van der Waals surface area contributed by atoms with Crippen molar-refractivity contribution in [3.63, 3.8) is 0 Å². The summed E-state index contributed by atoms with van der Waals surface area (Å²) in [5.41, 5.74) is 1.68. The zero-order chi connectivity index (χ0) is 18.1. The van der Waals surface area contributed by atoms with Crippen LogP contribution in [0.15, 0.2) is 57.5 Å². The van der Waals surface area contributed by atoms with Gasteiger partial charge in [0, 0.05) is 10.9 Å². The van der Waals surface area contributed by atoms with Gasteiger partial charge in [-0.25, -0.2) is 0 Å². The van der Waals surface area contributed by atoms with Crippen molar-refractivity contribution in [1.29, 1.82) is 0 Å². The van der Waals surface area contributed by atoms with Crippen molar-refractivity contribution < 1.29 is 18.4 Å². The topological polar surface area (TPSA) is 70.5 Å². The summed E-state index contributed by atoms with van der Waals surface area (Å²) < 4.78 is 22.4. The van der Waals surface area contributed by atoms with Crippen molar-refractivity contribution in [2.24, 2.45) is 0 Å². The van der Waals surface area contributed by atoms with Crippen molar-refractivity contribution in [3.8, 4) is 23.1 Å². The van der Waals surface area contributed by atoms with E-state index in [0.29, 0.717) is 17.5 Å². The molecule has 0 amide bonds. The molecule has 2 aromatic carbocycles. The fourth-order valence-corrected chi connectivity index (χ4v) is 2.79. The third-order valence-corrected chi connectivity index (χ3v) is 4.19. The van der Waals surface area contributed by atoms with Gasteiger partial charge in [-0.2, -0.15) is 4.98 Å². The Bertz CT molecular complexity index is 1040. The van der Waals surface area contributed by atoms with Crippen LogP contribution in [0.5, 0.6) is 11.5 Å². The molecule has 0 saturated heterocycles. The molecule has 0 unspecified atom stereocenters. The molecule has 132 valence electrons. The average molecular weight is 350 g/mol. The van der Waals surface area contributed by atoms with E-state index in [1.165, 1.54) is 0 Å². The Labute approximate surface area is 150 Å². The number of hydrogen-bond donors (Lipinski definition) is 0. The molecule has 0 spiro atoms. The number of rotatable bonds is 5. The highest BCUT2D eigenvalue weighted by Crippen LogP contribution is 2.34. The normalized spacial score (nSPS) is 12.3. The van der Waals surface area contributed by atoms with Crippen LogP contribution in [0, 0.1) is 6.92 Å². The van der Waals surface area contributed by atoms with Crippen LogP contribution in [0.2, 0.25) is 0 Å². The Balaban J connectivity index is 1.63. The summed E-state index contributed by atoms with van der Waals surface area (Å²) in [5, 5.41) is 5.01. The predicted molar refractivity (Wildman–Crippen MR) is 96.3 cm³/mol. The summed E-state index contributed by atoms with van der Waals surface area (Å²) in [7, 11) is 1.64. The monoisotopic (exact) mass is 350 g/mol. The molecule has 0 aliphatic rings. The van der Waals surface area contributed by atoms with Gasteiger partial charge in [-0.3, -0.25) is 0 Å². The maximum atomic E-state index is 5.91. The zero-order valence-electron chi connectivity index (χ0n) is 14.7. The molecule has 1 atom stereocenters. The van der Waals surface area contributed by atoms with E-state index in [1.807, 2.05) is 62.4 Å². The van der Waals surface area contributed by atoms with E-state index in [0.717, 1.165) is 28.0 Å². The molecule has 6 nitrogen and oxygen atoms in total. The van der Waals surface area contributed by atoms with Crippen LogP contribution in [0.25, 0.3) is 22.6 Å². The Hall–Kier alpha value is -3.28. The Kier molecular flexibility index (Phi) is 4.08. The third kappa shape index (κ3) is 2.90. The standard InChI is InChI=1S/C20H18N2O4/c1-12-16-11-15(23-3)9-10-17(16)25-18(12)19-21-20(26-22-19)13(2)24-14-7-5-4-6-8-14/h4-11,13H,1-3H3/t13-/m0/s1. The third-order valence-electron chi connectivity index (χ3n) is 4.19. The van der Waals surface area contributed by atoms with Crippen LogP contribution >= 0.6 is 0 Å². The van der Waals surface area contributed by atoms with Gasteiger partial charge in [0.05, 0.1) is 7.11 Å². The smallest absolute Gasteiger partial charge is 0.267 e. The summed E-state index contributed by atoms with van der Waals surface area (Å²) in [4.78, 5) is 4.45. The van der Waals surface area contributed by atoms with Crippen LogP contribution in [0.4, 0.5) is 0 Å². The summed E-state index contributed by atoms with van der Waals surface area (Å²) in [6.45, 7) is 3.82. The quantitative estimate of drug-likeness (QED) is 0.508. The van der Waals surface area contributed by atoms with Crippen molar-refractivity contribution in [2.75, 3.05) is 7.11 Å². The molecular weight excluding hydrogens is 332 g/mol. The highest BCUT2D eigenvalue weighted by Gasteiger charge is 2.21. The fourth-order valence-electron chi connectivity index (χ4n) is 2.79. The molecule has 2 heterocycles. The highest BCUT2D eigenvalue weighted by molar-refractivity contribution is 5.87. The Morgan fingerprint density at radius 3 is 2.62 bits per heavy atom. The number of aryl methyl sites for hydroxylation is 1. The summed E-state index contributed by atoms with van der Waals surface area (Å²) in [6.07, 6.45) is -0.372. The first-order chi connectivity index (χ1) is 12.7. The van der Waals surface area contributed by atoms with Gasteiger partial charge in [0.25, 0.3) is 5.89 Å². The lowest BCUT2D eigenvalue weighted by Gasteiger charge is -2.09. The van der Waals surface area contributed by atoms with Gasteiger partial charge < -0.3 is 18.4 Å². The number of para-hydroxylation sites is 1. The number of nitrogens with zero attached hydrogens (tertiary/aromatic N) is 2. The lowest BCUT2D eigenvalue weighted by molar-refractivity contribution is 0.176. The molecule has 0 fully saturated rings. The van der Waals surface area contributed by atoms with Crippen molar-refractivity contribution in [3.05, 3.63) is 60.0 Å². The van der Waals surface area contributed by atoms with Gasteiger partial charge >= 0.3 is 0 Å². The zero-order valence-corrected chi connectivity index (χ0v) is 14.7. The van der Waals surface area contributed by atoms with E-state index in [9.17, 15) is 0 Å². The molecule has 2 aromatic heterocycles. The second-order valence-electron chi connectivity index (χ2n) is 5.95. The first-order valence-corrected chi connectivity index (χ1v) is 8.28. The molecule has 4 rings (SSSR count). The van der Waals surface area contributed by atoms with Crippen LogP contribution in [-0.2, 0) is 0 Å². The van der Waals surface area contributed by atoms with Gasteiger partial charge in [0.15, 0.2) is 11.9 Å². The number of methoxy groups -OCH3 is 1. The van der Waals surface area contributed by atoms with Crippen molar-refractivity contribution in [1.82, 2.24) is 10.1 Å². The Morgan fingerprint density at radius 1 is 1.04 bits per heavy atom. The molecule has 26 heavy (non-hydrogen) atoms. The molecule has 4 aromatic rings. The van der Waals surface area contributed by atoms with Crippen LogP contribution < -0.4 is 9.47 Å². The summed E-state index contributed by atoms with van der Waals surface area (Å²) in [5.74, 6) is 2.88. The highest BCUT2D eigenvalue weighted by atomic mass is 16.5. The molecule has 0 aliphatic carbocycles. The van der Waals surface area contributed by atoms with E-state index < -0.39 is 0 Å². The van der Waals surface area contributed by atoms with E-state index in [2.05, 4.69) is 10.1 Å². The van der Waals surface area contributed by atoms with Gasteiger partial charge in [-0.1, -0.05) is 23.4 Å². The SMILES string of the molecule is COc1ccc2oc(-c3noc([C@H](C)Oc4ccccc4)n3)c(C)c2c1. The molecular formula is C20H18N2O4. The maximum absolute atomic E-state index is 5.91. The van der Waals surface area contributed by atoms with Crippen molar-refractivity contribution >= 4 is 11.0 Å². The molecule has 0 bridgehead atoms. The number of ether oxygens (including phenoxy) is 2. The number of hydrogen-bond acceptors (Lipinski definition) is 6. The number of fused-ring (bicyclic) bond motifs is 1. The Morgan fingerprint density at radius 2 is 1.85 bits per heavy atom. The van der Waals surface area contributed by atoms with Gasteiger partial charge in [-0.15, -0.1) is 0 Å². The average Bonchev–Trinajstić information content (AvgIpc) is 3.27. The lowest BCUT2D eigenvalue weighted by atomic mass is 10.1. The first-order valence-electron chi connectivity index (χ1n) is 8.28. The number of furan rings is 1. The summed E-state index contributed by atoms with van der Waals surface area (Å²) >= 11 is 0. The minimum absolute atomic E-state index is 0.372. The van der Waals surface area contributed by atoms with E-state index in [4.69, 9.17) is 18.4 Å². The molecule has 0 aliphatic heterocycles. The second-order valence-corrected chi connectivity index (χ2v) is 5.95. The van der Waals surface area contributed by atoms with Gasteiger partial charge in [0.2, 0.25) is 5.82 Å². The van der Waals surface area contributed by atoms with Crippen LogP contribution in [0.3, 0.4) is 0 Å². The molecule has 0 N–H and O–H groups in total. The number of aromatic nitrogens is 2. The largest absolute Gasteiger partial charge is 0.497 e. The molecule has 0 radical (unpaired) electrons. The predicted octanol–water partition coefficient (Wildman–Crippen LogP) is 4.94. The van der Waals surface area contributed by atoms with E-state index in [1.54, 1.807) is 7.11 Å². The van der Waals surface area contributed by atoms with Gasteiger partial charge in [-0.05, 0) is 44.2 Å².